The molecule has 13 heavy (non-hydrogen) atoms. The van der Waals surface area contributed by atoms with E-state index in [1.807, 2.05) is 13.8 Å². The number of nitro groups is 1. The van der Waals surface area contributed by atoms with E-state index in [1.165, 1.54) is 18.3 Å². The lowest BCUT2D eigenvalue weighted by molar-refractivity contribution is -0.422. The molecular formula is C8H10N2O2S. The van der Waals surface area contributed by atoms with Crippen LogP contribution >= 0.6 is 11.3 Å². The Bertz CT molecular complexity index is 368. The van der Waals surface area contributed by atoms with Crippen molar-refractivity contribution in [1.82, 2.24) is 4.98 Å². The maximum absolute atomic E-state index is 10.3. The van der Waals surface area contributed by atoms with Crippen LogP contribution in [0, 0.1) is 24.0 Å². The van der Waals surface area contributed by atoms with Gasteiger partial charge in [-0.25, -0.2) is 4.98 Å². The van der Waals surface area contributed by atoms with Crippen LogP contribution in [-0.2, 0) is 0 Å². The fourth-order valence-electron chi connectivity index (χ4n) is 0.923. The molecule has 0 bridgehead atoms. The van der Waals surface area contributed by atoms with E-state index >= 15 is 0 Å². The smallest absolute Gasteiger partial charge is 0.244 e. The molecule has 5 heteroatoms. The Kier molecular flexibility index (Phi) is 2.77. The molecule has 0 saturated carbocycles. The summed E-state index contributed by atoms with van der Waals surface area (Å²) in [6.07, 6.45) is 1.56. The zero-order chi connectivity index (χ0) is 10.0. The normalized spacial score (nSPS) is 11.8. The highest BCUT2D eigenvalue weighted by Gasteiger charge is 2.07. The third-order valence-corrected chi connectivity index (χ3v) is 2.59. The van der Waals surface area contributed by atoms with E-state index in [0.717, 1.165) is 15.6 Å². The average molecular weight is 198 g/mol. The van der Waals surface area contributed by atoms with Gasteiger partial charge in [-0.05, 0) is 13.8 Å². The zero-order valence-electron chi connectivity index (χ0n) is 7.70. The van der Waals surface area contributed by atoms with E-state index in [9.17, 15) is 10.1 Å². The molecule has 0 aliphatic rings. The third kappa shape index (κ3) is 2.35. The molecule has 4 nitrogen and oxygen atoms in total. The molecule has 1 heterocycles. The van der Waals surface area contributed by atoms with Gasteiger partial charge in [0, 0.05) is 13.0 Å². The van der Waals surface area contributed by atoms with Gasteiger partial charge in [-0.3, -0.25) is 10.1 Å². The Morgan fingerprint density at radius 2 is 2.23 bits per heavy atom. The van der Waals surface area contributed by atoms with Crippen molar-refractivity contribution in [2.45, 2.75) is 20.8 Å². The van der Waals surface area contributed by atoms with Crippen molar-refractivity contribution in [3.8, 4) is 0 Å². The van der Waals surface area contributed by atoms with Gasteiger partial charge < -0.3 is 0 Å². The summed E-state index contributed by atoms with van der Waals surface area (Å²) >= 11 is 1.47. The van der Waals surface area contributed by atoms with Crippen molar-refractivity contribution in [2.24, 2.45) is 0 Å². The molecule has 0 fully saturated rings. The quantitative estimate of drug-likeness (QED) is 0.541. The van der Waals surface area contributed by atoms with Crippen molar-refractivity contribution >= 4 is 17.4 Å². The lowest BCUT2D eigenvalue weighted by Gasteiger charge is -1.88. The molecule has 0 unspecified atom stereocenters. The Morgan fingerprint density at radius 1 is 1.62 bits per heavy atom. The fourth-order valence-corrected chi connectivity index (χ4v) is 1.85. The van der Waals surface area contributed by atoms with Gasteiger partial charge in [-0.2, -0.15) is 0 Å². The third-order valence-electron chi connectivity index (χ3n) is 1.57. The largest absolute Gasteiger partial charge is 0.259 e. The van der Waals surface area contributed by atoms with Crippen molar-refractivity contribution in [1.29, 1.82) is 0 Å². The van der Waals surface area contributed by atoms with Crippen LogP contribution in [0.25, 0.3) is 6.08 Å². The molecule has 0 aromatic carbocycles. The lowest BCUT2D eigenvalue weighted by atomic mass is 10.3. The Balaban J connectivity index is 3.03. The number of aryl methyl sites for hydroxylation is 2. The number of thiazole rings is 1. The zero-order valence-corrected chi connectivity index (χ0v) is 8.51. The van der Waals surface area contributed by atoms with Gasteiger partial charge >= 0.3 is 0 Å². The first kappa shape index (κ1) is 9.85. The molecule has 0 spiro atoms. The molecule has 0 aliphatic carbocycles. The molecule has 0 N–H and O–H groups in total. The van der Waals surface area contributed by atoms with E-state index in [2.05, 4.69) is 4.98 Å². The highest BCUT2D eigenvalue weighted by molar-refractivity contribution is 7.12. The number of aromatic nitrogens is 1. The predicted molar refractivity (Wildman–Crippen MR) is 52.2 cm³/mol. The minimum atomic E-state index is -0.394. The molecular weight excluding hydrogens is 188 g/mol. The molecule has 70 valence electrons. The van der Waals surface area contributed by atoms with E-state index in [1.54, 1.807) is 6.08 Å². The SMILES string of the molecule is CC(=Cc1sc(C)nc1C)[N+](=O)[O-]. The summed E-state index contributed by atoms with van der Waals surface area (Å²) in [6.45, 7) is 5.22. The standard InChI is InChI=1S/C8H10N2O2S/c1-5(10(11)12)4-8-6(2)9-7(3)13-8/h4H,1-3H3. The van der Waals surface area contributed by atoms with Crippen LogP contribution in [0.15, 0.2) is 5.70 Å². The summed E-state index contributed by atoms with van der Waals surface area (Å²) in [6, 6.07) is 0. The van der Waals surface area contributed by atoms with Crippen LogP contribution in [0.2, 0.25) is 0 Å². The highest BCUT2D eigenvalue weighted by atomic mass is 32.1. The summed E-state index contributed by atoms with van der Waals surface area (Å²) in [7, 11) is 0. The topological polar surface area (TPSA) is 56.0 Å². The summed E-state index contributed by atoms with van der Waals surface area (Å²) in [5, 5.41) is 11.3. The number of hydrogen-bond acceptors (Lipinski definition) is 4. The summed E-state index contributed by atoms with van der Waals surface area (Å²) < 4.78 is 0. The van der Waals surface area contributed by atoms with Crippen molar-refractivity contribution < 1.29 is 4.92 Å². The van der Waals surface area contributed by atoms with E-state index in [-0.39, 0.29) is 5.70 Å². The van der Waals surface area contributed by atoms with E-state index in [4.69, 9.17) is 0 Å². The van der Waals surface area contributed by atoms with Gasteiger partial charge in [0.15, 0.2) is 0 Å². The molecule has 1 aromatic heterocycles. The second-order valence-corrected chi connectivity index (χ2v) is 3.96. The number of allylic oxidation sites excluding steroid dienone is 1. The monoisotopic (exact) mass is 198 g/mol. The van der Waals surface area contributed by atoms with E-state index < -0.39 is 4.92 Å². The maximum Gasteiger partial charge on any atom is 0.244 e. The van der Waals surface area contributed by atoms with Gasteiger partial charge in [-0.15, -0.1) is 11.3 Å². The van der Waals surface area contributed by atoms with Gasteiger partial charge in [0.1, 0.15) is 0 Å². The van der Waals surface area contributed by atoms with Crippen molar-refractivity contribution in [3.05, 3.63) is 31.4 Å². The minimum absolute atomic E-state index is 0.145. The van der Waals surface area contributed by atoms with Crippen LogP contribution < -0.4 is 0 Å². The average Bonchev–Trinajstić information content (AvgIpc) is 2.30. The Hall–Kier alpha value is -1.23. The predicted octanol–water partition coefficient (Wildman–Crippen LogP) is 2.40. The number of hydrogen-bond donors (Lipinski definition) is 0. The van der Waals surface area contributed by atoms with Crippen LogP contribution in [0.4, 0.5) is 0 Å². The Labute approximate surface area is 80.1 Å². The second kappa shape index (κ2) is 3.66. The fraction of sp³-hybridized carbons (Fsp3) is 0.375. The van der Waals surface area contributed by atoms with Crippen LogP contribution in [0.3, 0.4) is 0 Å². The summed E-state index contributed by atoms with van der Waals surface area (Å²) in [4.78, 5) is 15.0. The van der Waals surface area contributed by atoms with Crippen LogP contribution in [0.1, 0.15) is 22.5 Å². The number of nitrogens with zero attached hydrogens (tertiary/aromatic N) is 2. The van der Waals surface area contributed by atoms with Crippen molar-refractivity contribution in [2.75, 3.05) is 0 Å². The number of rotatable bonds is 2. The first-order chi connectivity index (χ1) is 6.00. The second-order valence-electron chi connectivity index (χ2n) is 2.73. The molecule has 0 aliphatic heterocycles. The van der Waals surface area contributed by atoms with Gasteiger partial charge in [0.05, 0.1) is 20.5 Å². The van der Waals surface area contributed by atoms with Crippen LogP contribution in [-0.4, -0.2) is 9.91 Å². The molecule has 0 saturated heterocycles. The maximum atomic E-state index is 10.3. The lowest BCUT2D eigenvalue weighted by Crippen LogP contribution is -1.92. The molecule has 1 rings (SSSR count). The molecule has 0 amide bonds. The molecule has 0 atom stereocenters. The summed E-state index contributed by atoms with van der Waals surface area (Å²) in [5.41, 5.74) is 0.996. The van der Waals surface area contributed by atoms with Crippen LogP contribution in [0.5, 0.6) is 0 Å². The first-order valence-corrected chi connectivity index (χ1v) is 4.59. The van der Waals surface area contributed by atoms with Crippen molar-refractivity contribution in [3.63, 3.8) is 0 Å². The first-order valence-electron chi connectivity index (χ1n) is 3.77. The summed E-state index contributed by atoms with van der Waals surface area (Å²) in [5.74, 6) is 0. The van der Waals surface area contributed by atoms with E-state index in [0.29, 0.717) is 0 Å². The molecule has 1 aromatic rings. The highest BCUT2D eigenvalue weighted by Crippen LogP contribution is 2.20. The van der Waals surface area contributed by atoms with Gasteiger partial charge in [-0.1, -0.05) is 0 Å². The van der Waals surface area contributed by atoms with Gasteiger partial charge in [0.2, 0.25) is 5.70 Å². The Morgan fingerprint density at radius 3 is 2.62 bits per heavy atom. The minimum Gasteiger partial charge on any atom is -0.259 e. The molecule has 0 radical (unpaired) electrons. The van der Waals surface area contributed by atoms with Gasteiger partial charge in [0.25, 0.3) is 0 Å².